The first kappa shape index (κ1) is 21.2. The average Bonchev–Trinajstić information content (AvgIpc) is 3.23. The summed E-state index contributed by atoms with van der Waals surface area (Å²) >= 11 is 0.974. The summed E-state index contributed by atoms with van der Waals surface area (Å²) in [6.07, 6.45) is -0.701. The number of sulfonamides is 1. The molecule has 2 heterocycles. The summed E-state index contributed by atoms with van der Waals surface area (Å²) in [6.45, 7) is -0.398. The van der Waals surface area contributed by atoms with Gasteiger partial charge < -0.3 is 9.64 Å². The molecule has 1 aromatic heterocycles. The van der Waals surface area contributed by atoms with Crippen molar-refractivity contribution in [2.45, 2.75) is 10.3 Å². The first-order chi connectivity index (χ1) is 13.8. The van der Waals surface area contributed by atoms with Gasteiger partial charge in [0.25, 0.3) is 15.9 Å². The van der Waals surface area contributed by atoms with Crippen LogP contribution < -0.4 is 5.48 Å². The van der Waals surface area contributed by atoms with E-state index in [4.69, 9.17) is 5.21 Å². The number of rotatable bonds is 4. The number of ether oxygens (including phenoxy) is 1. The van der Waals surface area contributed by atoms with Gasteiger partial charge in [-0.2, -0.15) is 4.31 Å². The van der Waals surface area contributed by atoms with E-state index in [2.05, 4.69) is 4.74 Å². The van der Waals surface area contributed by atoms with Crippen LogP contribution >= 0.6 is 11.3 Å². The number of nitrogens with one attached hydrogen (secondary N) is 1. The highest BCUT2D eigenvalue weighted by Gasteiger charge is 2.42. The van der Waals surface area contributed by atoms with Crippen molar-refractivity contribution in [1.29, 1.82) is 0 Å². The van der Waals surface area contributed by atoms with Gasteiger partial charge >= 0.3 is 6.09 Å². The van der Waals surface area contributed by atoms with Gasteiger partial charge in [-0.3, -0.25) is 10.0 Å². The molecule has 2 aromatic rings. The molecule has 1 aromatic carbocycles. The van der Waals surface area contributed by atoms with Gasteiger partial charge in [0.2, 0.25) is 0 Å². The number of hydrogen-bond donors (Lipinski definition) is 2. The minimum absolute atomic E-state index is 0.0147. The fourth-order valence-electron chi connectivity index (χ4n) is 2.98. The Balaban J connectivity index is 1.90. The number of carbonyl (C=O) groups excluding carboxylic acids is 2. The second kappa shape index (κ2) is 8.45. The first-order valence-corrected chi connectivity index (χ1v) is 10.7. The zero-order valence-electron chi connectivity index (χ0n) is 15.2. The number of amides is 2. The van der Waals surface area contributed by atoms with Crippen molar-refractivity contribution in [3.8, 4) is 10.4 Å². The van der Waals surface area contributed by atoms with Crippen LogP contribution in [0.25, 0.3) is 10.4 Å². The van der Waals surface area contributed by atoms with Gasteiger partial charge in [0.15, 0.2) is 0 Å². The fraction of sp³-hybridized carbons (Fsp3) is 0.294. The second-order valence-electron chi connectivity index (χ2n) is 6.15. The molecule has 2 amide bonds. The average molecular weight is 443 g/mol. The van der Waals surface area contributed by atoms with E-state index in [9.17, 15) is 22.4 Å². The number of halogens is 1. The number of thiophene rings is 1. The van der Waals surface area contributed by atoms with Crippen LogP contribution in [-0.2, 0) is 19.6 Å². The Morgan fingerprint density at radius 1 is 1.21 bits per heavy atom. The summed E-state index contributed by atoms with van der Waals surface area (Å²) in [6, 6.07) is 7.29. The topological polar surface area (TPSA) is 116 Å². The lowest BCUT2D eigenvalue weighted by Gasteiger charge is -2.38. The third kappa shape index (κ3) is 4.24. The molecule has 156 valence electrons. The monoisotopic (exact) mass is 443 g/mol. The van der Waals surface area contributed by atoms with Crippen molar-refractivity contribution in [2.24, 2.45) is 0 Å². The molecule has 29 heavy (non-hydrogen) atoms. The fourth-order valence-corrected chi connectivity index (χ4v) is 5.99. The molecule has 0 saturated carbocycles. The predicted octanol–water partition coefficient (Wildman–Crippen LogP) is 1.50. The Kier molecular flexibility index (Phi) is 6.17. The number of nitrogens with zero attached hydrogens (tertiary/aromatic N) is 2. The van der Waals surface area contributed by atoms with E-state index in [0.29, 0.717) is 10.4 Å². The maximum atomic E-state index is 13.1. The van der Waals surface area contributed by atoms with E-state index >= 15 is 0 Å². The number of methoxy groups -OCH3 is 1. The summed E-state index contributed by atoms with van der Waals surface area (Å²) in [4.78, 5) is 25.6. The summed E-state index contributed by atoms with van der Waals surface area (Å²) in [7, 11) is -2.91. The molecule has 1 saturated heterocycles. The van der Waals surface area contributed by atoms with Gasteiger partial charge in [-0.1, -0.05) is 12.1 Å². The van der Waals surface area contributed by atoms with E-state index in [0.717, 1.165) is 15.6 Å². The van der Waals surface area contributed by atoms with Gasteiger partial charge in [0.05, 0.1) is 7.11 Å². The molecule has 1 atom stereocenters. The van der Waals surface area contributed by atoms with Crippen molar-refractivity contribution in [3.05, 3.63) is 42.2 Å². The van der Waals surface area contributed by atoms with Crippen molar-refractivity contribution < 1.29 is 32.3 Å². The SMILES string of the molecule is COC(=O)N1CCN(S(=O)(=O)c2ccc(-c3ccc(F)cc3)s2)[C@@H](C(=O)NO)C1. The number of hydrogen-bond acceptors (Lipinski definition) is 7. The van der Waals surface area contributed by atoms with Crippen molar-refractivity contribution in [2.75, 3.05) is 26.7 Å². The van der Waals surface area contributed by atoms with Crippen LogP contribution in [0, 0.1) is 5.82 Å². The Labute approximate surface area is 170 Å². The van der Waals surface area contributed by atoms with E-state index < -0.39 is 33.9 Å². The maximum absolute atomic E-state index is 13.1. The predicted molar refractivity (Wildman–Crippen MR) is 101 cm³/mol. The van der Waals surface area contributed by atoms with E-state index in [1.54, 1.807) is 6.07 Å². The van der Waals surface area contributed by atoms with Gasteiger partial charge in [0.1, 0.15) is 16.1 Å². The summed E-state index contributed by atoms with van der Waals surface area (Å²) in [5.41, 5.74) is 2.10. The minimum atomic E-state index is -4.09. The van der Waals surface area contributed by atoms with E-state index in [1.165, 1.54) is 47.8 Å². The summed E-state index contributed by atoms with van der Waals surface area (Å²) < 4.78 is 44.9. The zero-order chi connectivity index (χ0) is 21.2. The number of hydroxylamine groups is 1. The van der Waals surface area contributed by atoms with Gasteiger partial charge in [-0.25, -0.2) is 23.1 Å². The number of benzene rings is 1. The Bertz CT molecular complexity index is 1010. The van der Waals surface area contributed by atoms with Crippen LogP contribution in [0.5, 0.6) is 0 Å². The normalized spacial score (nSPS) is 17.8. The minimum Gasteiger partial charge on any atom is -0.453 e. The molecule has 12 heteroatoms. The van der Waals surface area contributed by atoms with E-state index in [1.807, 2.05) is 0 Å². The molecule has 1 aliphatic rings. The second-order valence-corrected chi connectivity index (χ2v) is 9.35. The van der Waals surface area contributed by atoms with Crippen LogP contribution in [0.1, 0.15) is 0 Å². The lowest BCUT2D eigenvalue weighted by molar-refractivity contribution is -0.134. The molecule has 1 aliphatic heterocycles. The molecule has 0 spiro atoms. The smallest absolute Gasteiger partial charge is 0.409 e. The lowest BCUT2D eigenvalue weighted by atomic mass is 10.2. The molecular formula is C17H18FN3O6S2. The first-order valence-electron chi connectivity index (χ1n) is 8.42. The molecule has 2 N–H and O–H groups in total. The maximum Gasteiger partial charge on any atom is 0.409 e. The lowest BCUT2D eigenvalue weighted by Crippen LogP contribution is -2.61. The highest BCUT2D eigenvalue weighted by Crippen LogP contribution is 2.33. The largest absolute Gasteiger partial charge is 0.453 e. The summed E-state index contributed by atoms with van der Waals surface area (Å²) in [5.74, 6) is -1.36. The Morgan fingerprint density at radius 2 is 1.90 bits per heavy atom. The zero-order valence-corrected chi connectivity index (χ0v) is 16.9. The van der Waals surface area contributed by atoms with Crippen LogP contribution in [0.15, 0.2) is 40.6 Å². The quantitative estimate of drug-likeness (QED) is 0.547. The van der Waals surface area contributed by atoms with Gasteiger partial charge in [0, 0.05) is 24.5 Å². The van der Waals surface area contributed by atoms with Crippen LogP contribution in [-0.4, -0.2) is 67.6 Å². The standard InChI is InChI=1S/C17H18FN3O6S2/c1-27-17(23)20-8-9-21(13(10-20)16(22)19-24)29(25,26)15-7-6-14(28-15)11-2-4-12(18)5-3-11/h2-7,13,24H,8-10H2,1H3,(H,19,22)/t13-/m1/s1. The Hall–Kier alpha value is -2.54. The van der Waals surface area contributed by atoms with Crippen LogP contribution in [0.4, 0.5) is 9.18 Å². The highest BCUT2D eigenvalue weighted by atomic mass is 32.2. The third-order valence-electron chi connectivity index (χ3n) is 4.45. The van der Waals surface area contributed by atoms with Crippen molar-refractivity contribution in [1.82, 2.24) is 14.7 Å². The molecule has 0 aliphatic carbocycles. The number of carbonyl (C=O) groups is 2. The van der Waals surface area contributed by atoms with Crippen LogP contribution in [0.3, 0.4) is 0 Å². The van der Waals surface area contributed by atoms with Crippen molar-refractivity contribution in [3.63, 3.8) is 0 Å². The van der Waals surface area contributed by atoms with Gasteiger partial charge in [-0.05, 0) is 29.8 Å². The van der Waals surface area contributed by atoms with E-state index in [-0.39, 0.29) is 23.8 Å². The molecule has 0 bridgehead atoms. The Morgan fingerprint density at radius 3 is 2.52 bits per heavy atom. The number of piperazine rings is 1. The molecule has 1 fully saturated rings. The van der Waals surface area contributed by atoms with Crippen molar-refractivity contribution >= 4 is 33.4 Å². The molecule has 3 rings (SSSR count). The van der Waals surface area contributed by atoms with Gasteiger partial charge in [-0.15, -0.1) is 11.3 Å². The summed E-state index contributed by atoms with van der Waals surface area (Å²) in [5, 5.41) is 9.01. The molecular weight excluding hydrogens is 425 g/mol. The van der Waals surface area contributed by atoms with Crippen LogP contribution in [0.2, 0.25) is 0 Å². The highest BCUT2D eigenvalue weighted by molar-refractivity contribution is 7.91. The molecule has 9 nitrogen and oxygen atoms in total. The third-order valence-corrected chi connectivity index (χ3v) is 7.96. The molecule has 0 unspecified atom stereocenters. The molecule has 0 radical (unpaired) electrons.